The lowest BCUT2D eigenvalue weighted by Gasteiger charge is -2.10. The highest BCUT2D eigenvalue weighted by atomic mass is 35.5. The number of halogens is 2. The van der Waals surface area contributed by atoms with E-state index in [0.717, 1.165) is 44.8 Å². The summed E-state index contributed by atoms with van der Waals surface area (Å²) >= 11 is 4.69. The van der Waals surface area contributed by atoms with Crippen LogP contribution in [0.25, 0.3) is 0 Å². The Balaban J connectivity index is 0.000000882. The number of methoxy groups -OCH3 is 3. The average molecular weight is 916 g/mol. The van der Waals surface area contributed by atoms with E-state index in [1.165, 1.54) is 5.56 Å². The van der Waals surface area contributed by atoms with Gasteiger partial charge in [0.25, 0.3) is 5.91 Å². The van der Waals surface area contributed by atoms with Crippen molar-refractivity contribution in [2.75, 3.05) is 34.5 Å². The molecule has 0 saturated carbocycles. The van der Waals surface area contributed by atoms with Crippen molar-refractivity contribution in [2.45, 2.75) is 80.4 Å². The Morgan fingerprint density at radius 2 is 1.05 bits per heavy atom. The van der Waals surface area contributed by atoms with E-state index in [1.807, 2.05) is 94.4 Å². The van der Waals surface area contributed by atoms with Crippen LogP contribution in [0.15, 0.2) is 72.9 Å². The predicted molar refractivity (Wildman–Crippen MR) is 243 cm³/mol. The summed E-state index contributed by atoms with van der Waals surface area (Å²) in [5.41, 5.74) is 13.6. The fraction of sp³-hybridized carbons (Fsp3) is 0.370. The molecule has 63 heavy (non-hydrogen) atoms. The summed E-state index contributed by atoms with van der Waals surface area (Å²) in [4.78, 5) is 70.5. The second-order valence-corrected chi connectivity index (χ2v) is 13.7. The molecule has 1 aromatic heterocycles. The van der Waals surface area contributed by atoms with Crippen LogP contribution >= 0.6 is 24.0 Å². The van der Waals surface area contributed by atoms with Crippen molar-refractivity contribution in [1.82, 2.24) is 15.6 Å². The van der Waals surface area contributed by atoms with Crippen LogP contribution in [-0.2, 0) is 64.3 Å². The number of hydrogen-bond acceptors (Lipinski definition) is 13. The molecule has 0 radical (unpaired) electrons. The molecule has 4 N–H and O–H groups in total. The summed E-state index contributed by atoms with van der Waals surface area (Å²) in [7, 11) is 4.81. The number of rotatable bonds is 16. The van der Waals surface area contributed by atoms with Crippen molar-refractivity contribution in [3.8, 4) is 17.2 Å². The van der Waals surface area contributed by atoms with Gasteiger partial charge >= 0.3 is 23.1 Å². The third kappa shape index (κ3) is 22.6. The van der Waals surface area contributed by atoms with Crippen molar-refractivity contribution in [3.63, 3.8) is 0 Å². The first-order valence-electron chi connectivity index (χ1n) is 19.7. The van der Waals surface area contributed by atoms with Crippen molar-refractivity contribution in [2.24, 2.45) is 5.73 Å². The van der Waals surface area contributed by atoms with E-state index < -0.39 is 34.8 Å². The van der Waals surface area contributed by atoms with E-state index in [2.05, 4.69) is 25.1 Å². The number of Topliss-reactive ketones (excluding diaryl/α,β-unsaturated/α-hetero) is 1. The van der Waals surface area contributed by atoms with Crippen molar-refractivity contribution in [1.29, 1.82) is 0 Å². The van der Waals surface area contributed by atoms with Gasteiger partial charge in [0, 0.05) is 54.6 Å². The first kappa shape index (κ1) is 57.0. The first-order chi connectivity index (χ1) is 29.5. The Morgan fingerprint density at radius 1 is 0.619 bits per heavy atom. The average Bonchev–Trinajstić information content (AvgIpc) is 3.26. The highest BCUT2D eigenvalue weighted by Gasteiger charge is 2.16. The van der Waals surface area contributed by atoms with Crippen LogP contribution in [0.2, 0.25) is 0 Å². The van der Waals surface area contributed by atoms with Crippen LogP contribution in [0, 0.1) is 27.7 Å². The fourth-order valence-corrected chi connectivity index (χ4v) is 5.17. The van der Waals surface area contributed by atoms with Crippen LogP contribution in [-0.4, -0.2) is 74.3 Å². The monoisotopic (exact) mass is 914 g/mol. The Morgan fingerprint density at radius 3 is 1.44 bits per heavy atom. The third-order valence-electron chi connectivity index (χ3n) is 8.39. The highest BCUT2D eigenvalue weighted by Crippen LogP contribution is 2.21. The molecule has 2 amide bonds. The fourth-order valence-electron chi connectivity index (χ4n) is 5.11. The number of hydrogen-bond donors (Lipinski definition) is 3. The molecule has 1 heterocycles. The van der Waals surface area contributed by atoms with Crippen LogP contribution in [0.1, 0.15) is 71.3 Å². The predicted octanol–water partition coefficient (Wildman–Crippen LogP) is 6.30. The number of nitrogens with zero attached hydrogens (tertiary/aromatic N) is 1. The van der Waals surface area contributed by atoms with E-state index in [0.29, 0.717) is 30.9 Å². The Hall–Kier alpha value is -6.03. The largest absolute Gasteiger partial charge is 0.496 e. The van der Waals surface area contributed by atoms with Crippen LogP contribution in [0.3, 0.4) is 0 Å². The summed E-state index contributed by atoms with van der Waals surface area (Å²) < 4.78 is 24.4. The second kappa shape index (κ2) is 31.8. The highest BCUT2D eigenvalue weighted by molar-refractivity contribution is 6.80. The van der Waals surface area contributed by atoms with E-state index in [4.69, 9.17) is 31.5 Å². The summed E-state index contributed by atoms with van der Waals surface area (Å²) in [6.07, 6.45) is 3.31. The molecule has 0 atom stereocenters. The number of aryl methyl sites for hydroxylation is 5. The Bertz CT molecular complexity index is 2080. The van der Waals surface area contributed by atoms with E-state index in [1.54, 1.807) is 41.4 Å². The number of amides is 2. The van der Waals surface area contributed by atoms with Gasteiger partial charge in [0.2, 0.25) is 5.78 Å². The van der Waals surface area contributed by atoms with Crippen molar-refractivity contribution in [3.05, 3.63) is 118 Å². The molecule has 0 bridgehead atoms. The summed E-state index contributed by atoms with van der Waals surface area (Å²) in [6.45, 7) is 12.6. The van der Waals surface area contributed by atoms with Gasteiger partial charge < -0.3 is 40.1 Å². The topological polar surface area (TPSA) is 212 Å². The molecule has 4 rings (SSSR count). The van der Waals surface area contributed by atoms with Gasteiger partial charge in [-0.3, -0.25) is 24.2 Å². The number of aromatic nitrogens is 1. The second-order valence-electron chi connectivity index (χ2n) is 13.3. The minimum atomic E-state index is -1.08. The van der Waals surface area contributed by atoms with Crippen molar-refractivity contribution < 1.29 is 52.5 Å². The lowest BCUT2D eigenvalue weighted by atomic mass is 10.1. The maximum atomic E-state index is 12.0. The number of benzene rings is 3. The molecule has 344 valence electrons. The quantitative estimate of drug-likeness (QED) is 0.0641. The Kier molecular flexibility index (Phi) is 28.7. The minimum Gasteiger partial charge on any atom is -0.496 e. The summed E-state index contributed by atoms with van der Waals surface area (Å²) in [5.74, 6) is -1.31. The smallest absolute Gasteiger partial charge is 0.396 e. The van der Waals surface area contributed by atoms with E-state index in [-0.39, 0.29) is 45.1 Å². The van der Waals surface area contributed by atoms with Gasteiger partial charge in [0.15, 0.2) is 0 Å². The minimum absolute atomic E-state index is 0. The maximum absolute atomic E-state index is 12.0. The molecule has 0 aliphatic carbocycles. The van der Waals surface area contributed by atoms with E-state index >= 15 is 0 Å². The normalized spacial score (nSPS) is 9.63. The standard InChI is InChI=1S/C20H24N2O3.C13H17NO4.C9H13NO.C4H5ClO3.ClH/c1-14-7-9-16(19(11-14)25-3)13-22-20(24)18(23)6-4-5-17-10-8-15(2)12-21-17;1-4-18-13(16)12(15)14-8-10-6-5-9(2)7-11(10)17-3;1-7-3-4-8(6-10)9(5-7)11-2;1-2-8-4(7)3(5)6;/h7-12H,4-6,13H2,1-3H3,(H,22,24);5-7H,4,8H2,1-3H3,(H,14,15);3-5H,6,10H2,1-2H3;2H2,1H3;1H. The number of nitrogens with one attached hydrogen (secondary N) is 2. The van der Waals surface area contributed by atoms with Gasteiger partial charge in [0.05, 0.1) is 34.5 Å². The third-order valence-corrected chi connectivity index (χ3v) is 8.54. The zero-order valence-electron chi connectivity index (χ0n) is 37.4. The summed E-state index contributed by atoms with van der Waals surface area (Å²) in [5, 5.41) is 4.07. The van der Waals surface area contributed by atoms with Crippen LogP contribution in [0.5, 0.6) is 17.2 Å². The molecule has 0 fully saturated rings. The van der Waals surface area contributed by atoms with Gasteiger partial charge in [-0.2, -0.15) is 0 Å². The molecule has 4 aromatic rings. The number of ether oxygens (including phenoxy) is 5. The van der Waals surface area contributed by atoms with E-state index in [9.17, 15) is 28.8 Å². The first-order valence-corrected chi connectivity index (χ1v) is 20.1. The van der Waals surface area contributed by atoms with Crippen LogP contribution in [0.4, 0.5) is 0 Å². The lowest BCUT2D eigenvalue weighted by molar-refractivity contribution is -0.154. The zero-order valence-corrected chi connectivity index (χ0v) is 39.0. The molecule has 0 unspecified atom stereocenters. The maximum Gasteiger partial charge on any atom is 0.396 e. The SMILES string of the molecule is CCOC(=O)C(=O)Cl.CCOC(=O)C(=O)NCc1ccc(C)cc1OC.COc1cc(C)ccc1CN.COc1cc(C)ccc1CNC(=O)C(=O)CCCc1ccc(C)cn1.Cl. The van der Waals surface area contributed by atoms with Gasteiger partial charge in [-0.25, -0.2) is 9.59 Å². The number of carbonyl (C=O) groups is 6. The lowest BCUT2D eigenvalue weighted by Crippen LogP contribution is -2.32. The molecule has 17 heteroatoms. The molecule has 0 saturated heterocycles. The molecular formula is C46H60Cl2N4O11. The molecule has 0 aliphatic heterocycles. The van der Waals surface area contributed by atoms with Gasteiger partial charge in [-0.05, 0) is 113 Å². The number of esters is 2. The molecule has 0 spiro atoms. The Labute approximate surface area is 381 Å². The number of carbonyl (C=O) groups excluding carboxylic acids is 6. The zero-order chi connectivity index (χ0) is 46.6. The molecule has 15 nitrogen and oxygen atoms in total. The van der Waals surface area contributed by atoms with Gasteiger partial charge in [-0.1, -0.05) is 42.5 Å². The van der Waals surface area contributed by atoms with Gasteiger partial charge in [0.1, 0.15) is 17.2 Å². The summed E-state index contributed by atoms with van der Waals surface area (Å²) in [6, 6.07) is 21.3. The molecule has 3 aromatic carbocycles. The number of nitrogens with two attached hydrogens (primary N) is 1. The number of ketones is 1. The van der Waals surface area contributed by atoms with Gasteiger partial charge in [-0.15, -0.1) is 12.4 Å². The number of pyridine rings is 1. The molecule has 0 aliphatic rings. The van der Waals surface area contributed by atoms with Crippen LogP contribution < -0.4 is 30.6 Å². The van der Waals surface area contributed by atoms with Crippen molar-refractivity contribution >= 4 is 58.8 Å². The molecular weight excluding hydrogens is 855 g/mol.